The Balaban J connectivity index is 1.78. The predicted molar refractivity (Wildman–Crippen MR) is 122 cm³/mol. The summed E-state index contributed by atoms with van der Waals surface area (Å²) < 4.78 is 0. The van der Waals surface area contributed by atoms with Crippen LogP contribution in [0.1, 0.15) is 101 Å². The largest absolute Gasteiger partial charge is 0.236 e. The van der Waals surface area contributed by atoms with Crippen molar-refractivity contribution in [3.05, 3.63) is 47.3 Å². The number of nitrogens with zero attached hydrogens (tertiary/aromatic N) is 2. The molecule has 0 aliphatic rings. The molecule has 0 bridgehead atoms. The Bertz CT molecular complexity index is 661. The van der Waals surface area contributed by atoms with Crippen molar-refractivity contribution >= 4 is 0 Å². The minimum atomic E-state index is 0.859. The normalized spacial score (nSPS) is 11.1. The van der Waals surface area contributed by atoms with Crippen molar-refractivity contribution in [2.45, 2.75) is 104 Å². The standard InChI is InChI=1S/C26H40N2/c1-4-6-8-9-10-11-12-14-16-25-21-27-26(28-22(25)3)24-19-17-23(18-20-24)15-13-7-5-2/h17-21H,4-16H2,1-3H3. The van der Waals surface area contributed by atoms with E-state index in [1.165, 1.54) is 88.2 Å². The third kappa shape index (κ3) is 8.12. The van der Waals surface area contributed by atoms with E-state index in [-0.39, 0.29) is 0 Å². The minimum absolute atomic E-state index is 0.859. The molecule has 1 aromatic carbocycles. The Morgan fingerprint density at radius 3 is 1.89 bits per heavy atom. The lowest BCUT2D eigenvalue weighted by atomic mass is 10.0. The monoisotopic (exact) mass is 380 g/mol. The van der Waals surface area contributed by atoms with Gasteiger partial charge in [0, 0.05) is 17.5 Å². The first kappa shape index (κ1) is 22.6. The first-order valence-electron chi connectivity index (χ1n) is 11.7. The smallest absolute Gasteiger partial charge is 0.159 e. The van der Waals surface area contributed by atoms with Gasteiger partial charge in [0.15, 0.2) is 5.82 Å². The van der Waals surface area contributed by atoms with E-state index in [9.17, 15) is 0 Å². The van der Waals surface area contributed by atoms with E-state index in [0.29, 0.717) is 0 Å². The van der Waals surface area contributed by atoms with E-state index < -0.39 is 0 Å². The number of rotatable bonds is 14. The molecule has 0 saturated carbocycles. The van der Waals surface area contributed by atoms with E-state index in [0.717, 1.165) is 23.5 Å². The number of hydrogen-bond acceptors (Lipinski definition) is 2. The van der Waals surface area contributed by atoms with E-state index >= 15 is 0 Å². The van der Waals surface area contributed by atoms with E-state index in [1.807, 2.05) is 6.20 Å². The van der Waals surface area contributed by atoms with Crippen LogP contribution in [-0.4, -0.2) is 9.97 Å². The van der Waals surface area contributed by atoms with Crippen molar-refractivity contribution in [2.75, 3.05) is 0 Å². The zero-order valence-corrected chi connectivity index (χ0v) is 18.5. The summed E-state index contributed by atoms with van der Waals surface area (Å²) in [6.07, 6.45) is 19.1. The van der Waals surface area contributed by atoms with E-state index in [4.69, 9.17) is 4.98 Å². The molecule has 0 radical (unpaired) electrons. The molecule has 154 valence electrons. The molecule has 0 spiro atoms. The van der Waals surface area contributed by atoms with Crippen LogP contribution in [0.5, 0.6) is 0 Å². The maximum Gasteiger partial charge on any atom is 0.159 e. The molecule has 2 rings (SSSR count). The van der Waals surface area contributed by atoms with Crippen LogP contribution in [0.15, 0.2) is 30.5 Å². The van der Waals surface area contributed by atoms with Crippen molar-refractivity contribution in [3.63, 3.8) is 0 Å². The van der Waals surface area contributed by atoms with Crippen LogP contribution in [0, 0.1) is 6.92 Å². The third-order valence-corrected chi connectivity index (χ3v) is 5.66. The van der Waals surface area contributed by atoms with Crippen molar-refractivity contribution in [3.8, 4) is 11.4 Å². The van der Waals surface area contributed by atoms with Gasteiger partial charge in [-0.3, -0.25) is 0 Å². The fourth-order valence-electron chi connectivity index (χ4n) is 3.73. The average molecular weight is 381 g/mol. The summed E-state index contributed by atoms with van der Waals surface area (Å²) >= 11 is 0. The third-order valence-electron chi connectivity index (χ3n) is 5.66. The first-order chi connectivity index (χ1) is 13.7. The summed E-state index contributed by atoms with van der Waals surface area (Å²) in [6.45, 7) is 6.66. The molecular formula is C26H40N2. The summed E-state index contributed by atoms with van der Waals surface area (Å²) in [5.74, 6) is 0.859. The summed E-state index contributed by atoms with van der Waals surface area (Å²) in [7, 11) is 0. The number of benzene rings is 1. The maximum absolute atomic E-state index is 4.79. The molecule has 0 amide bonds. The highest BCUT2D eigenvalue weighted by atomic mass is 14.9. The molecule has 28 heavy (non-hydrogen) atoms. The molecule has 0 fully saturated rings. The molecule has 0 N–H and O–H groups in total. The molecule has 1 aromatic heterocycles. The summed E-state index contributed by atoms with van der Waals surface area (Å²) in [5.41, 5.74) is 4.99. The second-order valence-electron chi connectivity index (χ2n) is 8.18. The summed E-state index contributed by atoms with van der Waals surface area (Å²) in [5, 5.41) is 0. The second-order valence-corrected chi connectivity index (χ2v) is 8.18. The number of unbranched alkanes of at least 4 members (excludes halogenated alkanes) is 9. The molecule has 2 aromatic rings. The zero-order chi connectivity index (χ0) is 20.0. The van der Waals surface area contributed by atoms with Crippen molar-refractivity contribution in [1.29, 1.82) is 0 Å². The van der Waals surface area contributed by atoms with Gasteiger partial charge in [0.05, 0.1) is 0 Å². The predicted octanol–water partition coefficient (Wildman–Crippen LogP) is 7.87. The number of hydrogen-bond donors (Lipinski definition) is 0. The fraction of sp³-hybridized carbons (Fsp3) is 0.615. The van der Waals surface area contributed by atoms with Gasteiger partial charge in [0.1, 0.15) is 0 Å². The zero-order valence-electron chi connectivity index (χ0n) is 18.5. The van der Waals surface area contributed by atoms with Gasteiger partial charge in [0.2, 0.25) is 0 Å². The molecule has 0 atom stereocenters. The molecule has 0 aliphatic heterocycles. The summed E-state index contributed by atoms with van der Waals surface area (Å²) in [6, 6.07) is 8.82. The number of aromatic nitrogens is 2. The van der Waals surface area contributed by atoms with Crippen molar-refractivity contribution < 1.29 is 0 Å². The van der Waals surface area contributed by atoms with Gasteiger partial charge >= 0.3 is 0 Å². The van der Waals surface area contributed by atoms with Gasteiger partial charge in [-0.15, -0.1) is 0 Å². The number of aryl methyl sites for hydroxylation is 3. The molecule has 2 heteroatoms. The topological polar surface area (TPSA) is 25.8 Å². The van der Waals surface area contributed by atoms with Crippen molar-refractivity contribution in [2.24, 2.45) is 0 Å². The lowest BCUT2D eigenvalue weighted by Gasteiger charge is -2.08. The van der Waals surface area contributed by atoms with Crippen LogP contribution >= 0.6 is 0 Å². The highest BCUT2D eigenvalue weighted by Crippen LogP contribution is 2.19. The second kappa shape index (κ2) is 13.5. The SMILES string of the molecule is CCCCCCCCCCc1cnc(-c2ccc(CCCCC)cc2)nc1C. The van der Waals surface area contributed by atoms with Crippen molar-refractivity contribution in [1.82, 2.24) is 9.97 Å². The minimum Gasteiger partial charge on any atom is -0.236 e. The van der Waals surface area contributed by atoms with Gasteiger partial charge in [-0.2, -0.15) is 0 Å². The van der Waals surface area contributed by atoms with Gasteiger partial charge in [-0.05, 0) is 43.7 Å². The Morgan fingerprint density at radius 1 is 0.679 bits per heavy atom. The lowest BCUT2D eigenvalue weighted by Crippen LogP contribution is -1.98. The quantitative estimate of drug-likeness (QED) is 0.312. The maximum atomic E-state index is 4.79. The average Bonchev–Trinajstić information content (AvgIpc) is 2.72. The van der Waals surface area contributed by atoms with E-state index in [1.54, 1.807) is 0 Å². The van der Waals surface area contributed by atoms with Gasteiger partial charge in [0.25, 0.3) is 0 Å². The van der Waals surface area contributed by atoms with Crippen LogP contribution in [0.25, 0.3) is 11.4 Å². The van der Waals surface area contributed by atoms with E-state index in [2.05, 4.69) is 50.0 Å². The highest BCUT2D eigenvalue weighted by molar-refractivity contribution is 5.55. The van der Waals surface area contributed by atoms with Crippen LogP contribution < -0.4 is 0 Å². The Kier molecular flexibility index (Phi) is 10.9. The van der Waals surface area contributed by atoms with Crippen LogP contribution in [-0.2, 0) is 12.8 Å². The Labute approximate surface area is 173 Å². The first-order valence-corrected chi connectivity index (χ1v) is 11.7. The van der Waals surface area contributed by atoms with Crippen LogP contribution in [0.3, 0.4) is 0 Å². The lowest BCUT2D eigenvalue weighted by molar-refractivity contribution is 0.575. The van der Waals surface area contributed by atoms with Crippen LogP contribution in [0.4, 0.5) is 0 Å². The molecule has 0 aliphatic carbocycles. The van der Waals surface area contributed by atoms with Gasteiger partial charge in [-0.1, -0.05) is 95.9 Å². The fourth-order valence-corrected chi connectivity index (χ4v) is 3.73. The highest BCUT2D eigenvalue weighted by Gasteiger charge is 2.06. The summed E-state index contributed by atoms with van der Waals surface area (Å²) in [4.78, 5) is 9.44. The van der Waals surface area contributed by atoms with Gasteiger partial charge < -0.3 is 0 Å². The Hall–Kier alpha value is -1.70. The van der Waals surface area contributed by atoms with Crippen LogP contribution in [0.2, 0.25) is 0 Å². The Morgan fingerprint density at radius 2 is 1.25 bits per heavy atom. The molecule has 2 nitrogen and oxygen atoms in total. The molecule has 1 heterocycles. The molecule has 0 saturated heterocycles. The van der Waals surface area contributed by atoms with Gasteiger partial charge in [-0.25, -0.2) is 9.97 Å². The molecule has 0 unspecified atom stereocenters. The molecular weight excluding hydrogens is 340 g/mol.